The summed E-state index contributed by atoms with van der Waals surface area (Å²) in [5.74, 6) is -2.96. The Labute approximate surface area is 315 Å². The van der Waals surface area contributed by atoms with Gasteiger partial charge in [-0.2, -0.15) is 4.98 Å². The van der Waals surface area contributed by atoms with Crippen LogP contribution in [0.3, 0.4) is 0 Å². The topological polar surface area (TPSA) is 204 Å². The predicted octanol–water partition coefficient (Wildman–Crippen LogP) is 6.39. The third-order valence-corrected chi connectivity index (χ3v) is 11.7. The van der Waals surface area contributed by atoms with E-state index in [1.54, 1.807) is 50.4 Å². The number of ether oxygens (including phenoxy) is 3. The first-order chi connectivity index (χ1) is 25.7. The van der Waals surface area contributed by atoms with Gasteiger partial charge in [0.05, 0.1) is 49.7 Å². The highest BCUT2D eigenvalue weighted by Gasteiger charge is 2.53. The first kappa shape index (κ1) is 42.3. The highest BCUT2D eigenvalue weighted by molar-refractivity contribution is 7.54. The third-order valence-electron chi connectivity index (χ3n) is 9.76. The van der Waals surface area contributed by atoms with Crippen molar-refractivity contribution in [2.75, 3.05) is 38.3 Å². The molecule has 3 atom stereocenters. The molecule has 1 aromatic carbocycles. The van der Waals surface area contributed by atoms with Crippen LogP contribution in [0.2, 0.25) is 0 Å². The van der Waals surface area contributed by atoms with Gasteiger partial charge in [-0.25, -0.2) is 9.55 Å². The number of esters is 3. The van der Waals surface area contributed by atoms with Crippen molar-refractivity contribution in [1.29, 1.82) is 0 Å². The normalized spacial score (nSPS) is 17.8. The molecule has 296 valence electrons. The van der Waals surface area contributed by atoms with E-state index >= 15 is 0 Å². The van der Waals surface area contributed by atoms with Crippen molar-refractivity contribution in [3.8, 4) is 5.75 Å². The van der Waals surface area contributed by atoms with Crippen LogP contribution in [0.5, 0.6) is 5.75 Å². The number of para-hydroxylation sites is 1. The van der Waals surface area contributed by atoms with E-state index in [0.717, 1.165) is 31.3 Å². The largest absolute Gasteiger partial charge is 0.465 e. The number of fused-ring (bicyclic) bond motifs is 1. The number of carbonyl (C=O) groups is 3. The fourth-order valence-electron chi connectivity index (χ4n) is 5.72. The molecule has 1 unspecified atom stereocenters. The zero-order valence-electron chi connectivity index (χ0n) is 32.1. The van der Waals surface area contributed by atoms with E-state index in [0.29, 0.717) is 6.42 Å². The van der Waals surface area contributed by atoms with E-state index < -0.39 is 60.9 Å². The molecular formula is C38H54N5O10P. The fourth-order valence-corrected chi connectivity index (χ4v) is 7.66. The van der Waals surface area contributed by atoms with E-state index in [9.17, 15) is 23.7 Å². The molecule has 1 fully saturated rings. The van der Waals surface area contributed by atoms with Crippen molar-refractivity contribution in [3.63, 3.8) is 0 Å². The lowest BCUT2D eigenvalue weighted by Gasteiger charge is -2.26. The predicted molar refractivity (Wildman–Crippen MR) is 203 cm³/mol. The SMILES string of the molecule is CCC(CC)COC(=O)C[C@H](C[P@](=O)(OCC1(COC(=O)C(C)C)C/C1=C/n1cnc2c(=O)[nH]c(N)nc21)Oc1ccccc1)C(=O)OCC(CC)CC. The van der Waals surface area contributed by atoms with Crippen LogP contribution in [0.15, 0.2) is 47.0 Å². The second-order valence-corrected chi connectivity index (χ2v) is 16.2. The summed E-state index contributed by atoms with van der Waals surface area (Å²) in [6.07, 6.45) is 5.80. The smallest absolute Gasteiger partial charge is 0.380 e. The van der Waals surface area contributed by atoms with Crippen molar-refractivity contribution in [3.05, 3.63) is 52.6 Å². The molecule has 3 aromatic rings. The van der Waals surface area contributed by atoms with E-state index in [1.807, 2.05) is 27.7 Å². The van der Waals surface area contributed by atoms with Crippen LogP contribution < -0.4 is 15.8 Å². The van der Waals surface area contributed by atoms with E-state index in [-0.39, 0.29) is 61.1 Å². The van der Waals surface area contributed by atoms with Crippen LogP contribution in [0.1, 0.15) is 80.1 Å². The number of carbonyl (C=O) groups excluding carboxylic acids is 3. The lowest BCUT2D eigenvalue weighted by atomic mass is 10.0. The first-order valence-corrected chi connectivity index (χ1v) is 20.4. The number of nitrogen functional groups attached to an aromatic ring is 1. The van der Waals surface area contributed by atoms with Gasteiger partial charge in [-0.3, -0.25) is 33.3 Å². The van der Waals surface area contributed by atoms with Gasteiger partial charge in [0.1, 0.15) is 18.7 Å². The number of aromatic amines is 1. The van der Waals surface area contributed by atoms with E-state index in [4.69, 9.17) is 29.0 Å². The summed E-state index contributed by atoms with van der Waals surface area (Å²) >= 11 is 0. The molecule has 1 saturated carbocycles. The molecule has 2 heterocycles. The maximum absolute atomic E-state index is 14.9. The molecule has 1 aliphatic rings. The van der Waals surface area contributed by atoms with Gasteiger partial charge >= 0.3 is 25.5 Å². The summed E-state index contributed by atoms with van der Waals surface area (Å²) in [5.41, 5.74) is 5.35. The lowest BCUT2D eigenvalue weighted by molar-refractivity contribution is -0.156. The summed E-state index contributed by atoms with van der Waals surface area (Å²) < 4.78 is 45.6. The Morgan fingerprint density at radius 3 is 2.24 bits per heavy atom. The minimum absolute atomic E-state index is 0.0797. The average Bonchev–Trinajstić information content (AvgIpc) is 3.68. The highest BCUT2D eigenvalue weighted by atomic mass is 31.2. The molecule has 54 heavy (non-hydrogen) atoms. The van der Waals surface area contributed by atoms with Gasteiger partial charge in [0.15, 0.2) is 11.2 Å². The van der Waals surface area contributed by atoms with Crippen molar-refractivity contribution in [1.82, 2.24) is 19.5 Å². The molecule has 0 spiro atoms. The number of nitrogens with two attached hydrogens (primary N) is 1. The number of nitrogens with one attached hydrogen (secondary N) is 1. The Morgan fingerprint density at radius 1 is 0.963 bits per heavy atom. The van der Waals surface area contributed by atoms with Gasteiger partial charge in [-0.1, -0.05) is 85.4 Å². The average molecular weight is 772 g/mol. The van der Waals surface area contributed by atoms with Crippen LogP contribution in [-0.2, 0) is 37.7 Å². The van der Waals surface area contributed by atoms with Gasteiger partial charge in [0, 0.05) is 6.20 Å². The Balaban J connectivity index is 1.65. The Kier molecular flexibility index (Phi) is 15.0. The quantitative estimate of drug-likeness (QED) is 0.0647. The number of rotatable bonds is 22. The van der Waals surface area contributed by atoms with E-state index in [2.05, 4.69) is 15.0 Å². The molecule has 4 rings (SSSR count). The number of benzene rings is 1. The summed E-state index contributed by atoms with van der Waals surface area (Å²) in [4.78, 5) is 62.6. The molecule has 0 bridgehead atoms. The standard InChI is InChI=1S/C38H54N5O10P/c1-7-26(8-2)19-49-31(44)16-28(36(47)50-20-27(9-3)10-4)21-54(48,53-30-14-12-11-13-15-30)52-23-38(22-51-35(46)25(5)6)17-29(38)18-43-24-40-32-33(43)41-37(39)42-34(32)45/h11-15,18,24-28H,7-10,16-17,19-23H2,1-6H3,(H3,39,41,42,45)/b29-18-/t28-,38?,54+/m1/s1. The third kappa shape index (κ3) is 11.5. The van der Waals surface area contributed by atoms with Crippen molar-refractivity contribution in [2.24, 2.45) is 29.1 Å². The van der Waals surface area contributed by atoms with Gasteiger partial charge in [-0.15, -0.1) is 0 Å². The second-order valence-electron chi connectivity index (χ2n) is 14.2. The molecule has 15 nitrogen and oxygen atoms in total. The molecule has 0 radical (unpaired) electrons. The molecule has 0 amide bonds. The number of hydrogen-bond donors (Lipinski definition) is 2. The van der Waals surface area contributed by atoms with Crippen LogP contribution >= 0.6 is 7.60 Å². The first-order valence-electron chi connectivity index (χ1n) is 18.7. The van der Waals surface area contributed by atoms with Crippen LogP contribution in [0, 0.1) is 29.1 Å². The molecule has 3 N–H and O–H groups in total. The zero-order valence-corrected chi connectivity index (χ0v) is 33.0. The van der Waals surface area contributed by atoms with Crippen LogP contribution in [0.4, 0.5) is 5.95 Å². The van der Waals surface area contributed by atoms with Crippen LogP contribution in [-0.4, -0.2) is 70.0 Å². The van der Waals surface area contributed by atoms with Crippen molar-refractivity contribution in [2.45, 2.75) is 80.1 Å². The second kappa shape index (κ2) is 19.2. The molecular weight excluding hydrogens is 717 g/mol. The molecule has 2 aromatic heterocycles. The summed E-state index contributed by atoms with van der Waals surface area (Å²) in [6, 6.07) is 8.38. The van der Waals surface area contributed by atoms with Gasteiger partial charge in [0.25, 0.3) is 5.56 Å². The number of hydrogen-bond acceptors (Lipinski definition) is 13. The Morgan fingerprint density at radius 2 is 1.61 bits per heavy atom. The summed E-state index contributed by atoms with van der Waals surface area (Å²) in [6.45, 7) is 11.4. The van der Waals surface area contributed by atoms with Gasteiger partial charge in [-0.05, 0) is 36.0 Å². The fraction of sp³-hybridized carbons (Fsp3) is 0.579. The highest BCUT2D eigenvalue weighted by Crippen LogP contribution is 2.58. The summed E-state index contributed by atoms with van der Waals surface area (Å²) in [7, 11) is -4.26. The molecule has 0 saturated heterocycles. The number of nitrogens with zero attached hydrogens (tertiary/aromatic N) is 3. The number of aromatic nitrogens is 4. The van der Waals surface area contributed by atoms with E-state index in [1.165, 1.54) is 10.9 Å². The number of anilines is 1. The van der Waals surface area contributed by atoms with Crippen LogP contribution in [0.25, 0.3) is 17.4 Å². The number of imidazole rings is 1. The lowest BCUT2D eigenvalue weighted by Crippen LogP contribution is -2.29. The molecule has 0 aliphatic heterocycles. The maximum atomic E-state index is 14.9. The molecule has 16 heteroatoms. The molecule has 1 aliphatic carbocycles. The maximum Gasteiger partial charge on any atom is 0.380 e. The van der Waals surface area contributed by atoms with Crippen molar-refractivity contribution >= 4 is 48.8 Å². The van der Waals surface area contributed by atoms with Gasteiger partial charge in [0.2, 0.25) is 5.95 Å². The monoisotopic (exact) mass is 771 g/mol. The zero-order chi connectivity index (χ0) is 39.5. The van der Waals surface area contributed by atoms with Gasteiger partial charge < -0.3 is 24.5 Å². The van der Waals surface area contributed by atoms with Crippen molar-refractivity contribution < 1.29 is 42.2 Å². The summed E-state index contributed by atoms with van der Waals surface area (Å²) in [5, 5.41) is 0. The minimum atomic E-state index is -4.26. The number of H-pyrrole nitrogens is 1. The Bertz CT molecular complexity index is 1870. The minimum Gasteiger partial charge on any atom is -0.465 e. The Hall–Kier alpha value is -4.49.